The summed E-state index contributed by atoms with van der Waals surface area (Å²) in [7, 11) is 1.61. The van der Waals surface area contributed by atoms with Gasteiger partial charge in [-0.3, -0.25) is 4.79 Å². The predicted molar refractivity (Wildman–Crippen MR) is 101 cm³/mol. The Kier molecular flexibility index (Phi) is 5.28. The highest BCUT2D eigenvalue weighted by atomic mass is 35.5. The number of carbonyl (C=O) groups is 1. The Morgan fingerprint density at radius 1 is 1.23 bits per heavy atom. The second-order valence-electron chi connectivity index (χ2n) is 5.92. The number of benzene rings is 2. The van der Waals surface area contributed by atoms with Gasteiger partial charge in [-0.25, -0.2) is 0 Å². The van der Waals surface area contributed by atoms with Gasteiger partial charge in [-0.2, -0.15) is 0 Å². The van der Waals surface area contributed by atoms with E-state index in [9.17, 15) is 4.79 Å². The van der Waals surface area contributed by atoms with E-state index in [1.54, 1.807) is 26.2 Å². The maximum Gasteiger partial charge on any atom is 0.257 e. The first-order chi connectivity index (χ1) is 12.5. The van der Waals surface area contributed by atoms with E-state index < -0.39 is 0 Å². The number of nitrogens with zero attached hydrogens (tertiary/aromatic N) is 1. The van der Waals surface area contributed by atoms with Crippen molar-refractivity contribution >= 4 is 17.5 Å². The normalized spacial score (nSPS) is 11.8. The van der Waals surface area contributed by atoms with Crippen molar-refractivity contribution in [3.05, 3.63) is 70.4 Å². The lowest BCUT2D eigenvalue weighted by Gasteiger charge is -2.15. The van der Waals surface area contributed by atoms with Gasteiger partial charge in [0.2, 0.25) is 0 Å². The molecule has 0 radical (unpaired) electrons. The number of nitrogens with one attached hydrogen (secondary N) is 1. The maximum atomic E-state index is 12.9. The minimum Gasteiger partial charge on any atom is -0.497 e. The molecule has 0 bridgehead atoms. The third-order valence-corrected chi connectivity index (χ3v) is 4.48. The summed E-state index contributed by atoms with van der Waals surface area (Å²) in [6, 6.07) is 14.5. The fourth-order valence-electron chi connectivity index (χ4n) is 2.73. The number of amides is 1. The number of hydrogen-bond acceptors (Lipinski definition) is 4. The molecule has 5 nitrogen and oxygen atoms in total. The summed E-state index contributed by atoms with van der Waals surface area (Å²) in [6.07, 6.45) is 0. The van der Waals surface area contributed by atoms with Crippen molar-refractivity contribution in [2.24, 2.45) is 0 Å². The third-order valence-electron chi connectivity index (χ3n) is 4.15. The van der Waals surface area contributed by atoms with E-state index in [1.807, 2.05) is 43.3 Å². The second kappa shape index (κ2) is 7.62. The third kappa shape index (κ3) is 3.58. The van der Waals surface area contributed by atoms with Crippen molar-refractivity contribution < 1.29 is 14.1 Å². The highest BCUT2D eigenvalue weighted by Crippen LogP contribution is 2.32. The van der Waals surface area contributed by atoms with Crippen molar-refractivity contribution in [2.75, 3.05) is 7.11 Å². The lowest BCUT2D eigenvalue weighted by molar-refractivity contribution is 0.0939. The summed E-state index contributed by atoms with van der Waals surface area (Å²) >= 11 is 6.25. The van der Waals surface area contributed by atoms with Gasteiger partial charge < -0.3 is 14.6 Å². The summed E-state index contributed by atoms with van der Waals surface area (Å²) in [5.41, 5.74) is 2.46. The zero-order valence-corrected chi connectivity index (χ0v) is 15.5. The van der Waals surface area contributed by atoms with Gasteiger partial charge in [-0.1, -0.05) is 41.0 Å². The quantitative estimate of drug-likeness (QED) is 0.700. The van der Waals surface area contributed by atoms with E-state index in [-0.39, 0.29) is 11.9 Å². The molecule has 0 spiro atoms. The Morgan fingerprint density at radius 2 is 2.00 bits per heavy atom. The van der Waals surface area contributed by atoms with Gasteiger partial charge in [0, 0.05) is 5.56 Å². The average Bonchev–Trinajstić information content (AvgIpc) is 3.03. The van der Waals surface area contributed by atoms with Crippen LogP contribution in [0.1, 0.15) is 34.6 Å². The van der Waals surface area contributed by atoms with E-state index in [4.69, 9.17) is 20.9 Å². The first-order valence-electron chi connectivity index (χ1n) is 8.17. The van der Waals surface area contributed by atoms with Crippen LogP contribution >= 0.6 is 11.6 Å². The Bertz CT molecular complexity index is 936. The Hall–Kier alpha value is -2.79. The van der Waals surface area contributed by atoms with Crippen LogP contribution in [0.4, 0.5) is 0 Å². The molecule has 0 fully saturated rings. The number of carbonyl (C=O) groups excluding carboxylic acids is 1. The van der Waals surface area contributed by atoms with Gasteiger partial charge >= 0.3 is 0 Å². The second-order valence-corrected chi connectivity index (χ2v) is 6.33. The van der Waals surface area contributed by atoms with Gasteiger partial charge in [0.1, 0.15) is 11.3 Å². The van der Waals surface area contributed by atoms with Crippen LogP contribution in [-0.4, -0.2) is 18.2 Å². The summed E-state index contributed by atoms with van der Waals surface area (Å²) in [6.45, 7) is 3.64. The molecule has 0 aliphatic carbocycles. The highest BCUT2D eigenvalue weighted by molar-refractivity contribution is 6.33. The number of halogens is 1. The van der Waals surface area contributed by atoms with Crippen molar-refractivity contribution in [1.29, 1.82) is 0 Å². The predicted octanol–water partition coefficient (Wildman–Crippen LogP) is 4.80. The maximum absolute atomic E-state index is 12.9. The smallest absolute Gasteiger partial charge is 0.257 e. The minimum atomic E-state index is -0.269. The van der Waals surface area contributed by atoms with Crippen LogP contribution in [0.3, 0.4) is 0 Å². The number of hydrogen-bond donors (Lipinski definition) is 1. The van der Waals surface area contributed by atoms with E-state index >= 15 is 0 Å². The number of aryl methyl sites for hydroxylation is 1. The molecule has 0 aliphatic heterocycles. The summed E-state index contributed by atoms with van der Waals surface area (Å²) < 4.78 is 10.6. The molecule has 6 heteroatoms. The molecule has 1 atom stereocenters. The fraction of sp³-hybridized carbons (Fsp3) is 0.200. The van der Waals surface area contributed by atoms with Crippen LogP contribution in [0.15, 0.2) is 53.1 Å². The van der Waals surface area contributed by atoms with E-state index in [1.165, 1.54) is 0 Å². The first kappa shape index (κ1) is 18.0. The molecule has 0 aliphatic rings. The Morgan fingerprint density at radius 3 is 2.73 bits per heavy atom. The molecular formula is C20H19ClN2O3. The standard InChI is InChI=1S/C20H19ClN2O3/c1-12(14-7-6-8-15(11-14)25-3)22-20(24)18-13(2)23-26-19(18)16-9-4-5-10-17(16)21/h4-12H,1-3H3,(H,22,24)/t12-/m1/s1. The molecule has 1 amide bonds. The zero-order chi connectivity index (χ0) is 18.7. The molecule has 1 heterocycles. The van der Waals surface area contributed by atoms with Gasteiger partial charge in [-0.15, -0.1) is 0 Å². The van der Waals surface area contributed by atoms with Crippen LogP contribution in [0.5, 0.6) is 5.75 Å². The molecule has 1 N–H and O–H groups in total. The molecule has 0 saturated heterocycles. The van der Waals surface area contributed by atoms with E-state index in [2.05, 4.69) is 10.5 Å². The van der Waals surface area contributed by atoms with Crippen LogP contribution < -0.4 is 10.1 Å². The largest absolute Gasteiger partial charge is 0.497 e. The molecule has 2 aromatic carbocycles. The summed E-state index contributed by atoms with van der Waals surface area (Å²) in [4.78, 5) is 12.9. The van der Waals surface area contributed by atoms with Gasteiger partial charge in [0.15, 0.2) is 5.76 Å². The molecule has 26 heavy (non-hydrogen) atoms. The first-order valence-corrected chi connectivity index (χ1v) is 8.55. The minimum absolute atomic E-state index is 0.217. The lowest BCUT2D eigenvalue weighted by atomic mass is 10.0. The molecule has 0 unspecified atom stereocenters. The zero-order valence-electron chi connectivity index (χ0n) is 14.7. The SMILES string of the molecule is COc1cccc([C@@H](C)NC(=O)c2c(C)noc2-c2ccccc2Cl)c1. The molecule has 3 rings (SSSR count). The number of methoxy groups -OCH3 is 1. The van der Waals surface area contributed by atoms with Crippen LogP contribution in [0, 0.1) is 6.92 Å². The molecule has 1 aromatic heterocycles. The molecule has 3 aromatic rings. The Labute approximate surface area is 156 Å². The monoisotopic (exact) mass is 370 g/mol. The fourth-order valence-corrected chi connectivity index (χ4v) is 2.95. The van der Waals surface area contributed by atoms with Crippen molar-refractivity contribution in [1.82, 2.24) is 10.5 Å². The number of aromatic nitrogens is 1. The van der Waals surface area contributed by atoms with Gasteiger partial charge in [0.25, 0.3) is 5.91 Å². The molecular weight excluding hydrogens is 352 g/mol. The van der Waals surface area contributed by atoms with Gasteiger partial charge in [0.05, 0.1) is 23.9 Å². The number of ether oxygens (including phenoxy) is 1. The average molecular weight is 371 g/mol. The molecule has 0 saturated carbocycles. The van der Waals surface area contributed by atoms with Crippen molar-refractivity contribution in [2.45, 2.75) is 19.9 Å². The van der Waals surface area contributed by atoms with Crippen LogP contribution in [0.2, 0.25) is 5.02 Å². The summed E-state index contributed by atoms with van der Waals surface area (Å²) in [5, 5.41) is 7.43. The highest BCUT2D eigenvalue weighted by Gasteiger charge is 2.24. The molecule has 134 valence electrons. The lowest BCUT2D eigenvalue weighted by Crippen LogP contribution is -2.27. The van der Waals surface area contributed by atoms with Crippen LogP contribution in [0.25, 0.3) is 11.3 Å². The van der Waals surface area contributed by atoms with E-state index in [0.717, 1.165) is 11.3 Å². The Balaban J connectivity index is 1.89. The van der Waals surface area contributed by atoms with Crippen molar-refractivity contribution in [3.8, 4) is 17.1 Å². The van der Waals surface area contributed by atoms with Crippen molar-refractivity contribution in [3.63, 3.8) is 0 Å². The number of rotatable bonds is 5. The van der Waals surface area contributed by atoms with E-state index in [0.29, 0.717) is 27.6 Å². The van der Waals surface area contributed by atoms with Crippen LogP contribution in [-0.2, 0) is 0 Å². The van der Waals surface area contributed by atoms with Gasteiger partial charge in [-0.05, 0) is 43.7 Å². The topological polar surface area (TPSA) is 64.4 Å². The summed E-state index contributed by atoms with van der Waals surface area (Å²) in [5.74, 6) is 0.832.